The van der Waals surface area contributed by atoms with E-state index in [9.17, 15) is 15.2 Å². The van der Waals surface area contributed by atoms with Crippen LogP contribution < -0.4 is 29.8 Å². The summed E-state index contributed by atoms with van der Waals surface area (Å²) >= 11 is 0. The van der Waals surface area contributed by atoms with E-state index in [1.807, 2.05) is 49.4 Å². The lowest BCUT2D eigenvalue weighted by Gasteiger charge is -2.19. The maximum Gasteiger partial charge on any atom is 0.261 e. The molecule has 0 bridgehead atoms. The van der Waals surface area contributed by atoms with Crippen molar-refractivity contribution in [2.75, 3.05) is 26.4 Å². The van der Waals surface area contributed by atoms with Gasteiger partial charge in [0.2, 0.25) is 0 Å². The van der Waals surface area contributed by atoms with Gasteiger partial charge in [-0.2, -0.15) is 5.26 Å². The van der Waals surface area contributed by atoms with Crippen LogP contribution in [0.25, 0.3) is 5.69 Å². The molecule has 0 amide bonds. The van der Waals surface area contributed by atoms with Crippen molar-refractivity contribution in [3.8, 4) is 34.8 Å². The van der Waals surface area contributed by atoms with E-state index >= 15 is 0 Å². The van der Waals surface area contributed by atoms with Crippen LogP contribution in [0.4, 0.5) is 0 Å². The Labute approximate surface area is 244 Å². The summed E-state index contributed by atoms with van der Waals surface area (Å²) in [6.45, 7) is 4.33. The Bertz CT molecular complexity index is 1640. The number of rotatable bonds is 12. The molecular weight excluding hydrogens is 534 g/mol. The van der Waals surface area contributed by atoms with E-state index in [1.54, 1.807) is 35.0 Å². The number of nitrogens with zero attached hydrogens (tertiary/aromatic N) is 2. The number of hydrogen-bond donors (Lipinski definition) is 2. The first-order chi connectivity index (χ1) is 20.6. The zero-order chi connectivity index (χ0) is 29.3. The van der Waals surface area contributed by atoms with Crippen LogP contribution in [0.5, 0.6) is 23.0 Å². The molecular formula is C33H33N3O6. The Morgan fingerprint density at radius 2 is 1.74 bits per heavy atom. The maximum absolute atomic E-state index is 13.4. The van der Waals surface area contributed by atoms with Gasteiger partial charge in [-0.25, -0.2) is 0 Å². The Hall–Kier alpha value is -4.78. The van der Waals surface area contributed by atoms with E-state index in [-0.39, 0.29) is 25.4 Å². The lowest BCUT2D eigenvalue weighted by Crippen LogP contribution is -2.23. The fourth-order valence-corrected chi connectivity index (χ4v) is 4.72. The molecule has 0 saturated heterocycles. The highest BCUT2D eigenvalue weighted by Gasteiger charge is 2.16. The molecule has 0 unspecified atom stereocenters. The van der Waals surface area contributed by atoms with Gasteiger partial charge in [-0.15, -0.1) is 0 Å². The Morgan fingerprint density at radius 1 is 0.929 bits per heavy atom. The van der Waals surface area contributed by atoms with Crippen molar-refractivity contribution >= 4 is 0 Å². The smallest absolute Gasteiger partial charge is 0.261 e. The zero-order valence-corrected chi connectivity index (χ0v) is 23.5. The lowest BCUT2D eigenvalue weighted by molar-refractivity contribution is 0.171. The fourth-order valence-electron chi connectivity index (χ4n) is 4.72. The molecule has 0 spiro atoms. The predicted molar refractivity (Wildman–Crippen MR) is 157 cm³/mol. The van der Waals surface area contributed by atoms with Crippen molar-refractivity contribution in [2.24, 2.45) is 0 Å². The third-order valence-corrected chi connectivity index (χ3v) is 6.89. The van der Waals surface area contributed by atoms with Crippen LogP contribution in [0.15, 0.2) is 77.7 Å². The molecule has 0 fully saturated rings. The number of fused-ring (bicyclic) bond motifs is 1. The Kier molecular flexibility index (Phi) is 9.39. The summed E-state index contributed by atoms with van der Waals surface area (Å²) in [6, 6.07) is 22.3. The summed E-state index contributed by atoms with van der Waals surface area (Å²) in [6.07, 6.45) is 2.43. The minimum Gasteiger partial charge on any atom is -0.488 e. The van der Waals surface area contributed by atoms with Crippen molar-refractivity contribution < 1.29 is 24.1 Å². The van der Waals surface area contributed by atoms with Gasteiger partial charge in [0.1, 0.15) is 37.9 Å². The number of aliphatic hydroxyl groups excluding tert-OH is 1. The van der Waals surface area contributed by atoms with E-state index in [1.165, 1.54) is 0 Å². The molecule has 2 heterocycles. The fraction of sp³-hybridized carbons (Fsp3) is 0.273. The highest BCUT2D eigenvalue weighted by molar-refractivity contribution is 5.50. The lowest BCUT2D eigenvalue weighted by atomic mass is 10.1. The molecule has 42 heavy (non-hydrogen) atoms. The van der Waals surface area contributed by atoms with E-state index in [0.717, 1.165) is 16.7 Å². The second-order valence-electron chi connectivity index (χ2n) is 9.75. The Morgan fingerprint density at radius 3 is 2.55 bits per heavy atom. The molecule has 0 saturated carbocycles. The highest BCUT2D eigenvalue weighted by atomic mass is 16.6. The predicted octanol–water partition coefficient (Wildman–Crippen LogP) is 4.28. The molecule has 1 aromatic heterocycles. The molecule has 0 aliphatic carbocycles. The van der Waals surface area contributed by atoms with Gasteiger partial charge in [0.05, 0.1) is 29.5 Å². The Balaban J connectivity index is 1.38. The van der Waals surface area contributed by atoms with E-state index < -0.39 is 0 Å². The van der Waals surface area contributed by atoms with Crippen molar-refractivity contribution in [1.29, 1.82) is 5.26 Å². The first-order valence-electron chi connectivity index (χ1n) is 13.9. The zero-order valence-electron chi connectivity index (χ0n) is 23.5. The molecule has 1 aliphatic heterocycles. The third-order valence-electron chi connectivity index (χ3n) is 6.89. The van der Waals surface area contributed by atoms with Gasteiger partial charge in [0.25, 0.3) is 5.56 Å². The molecule has 216 valence electrons. The van der Waals surface area contributed by atoms with E-state index in [0.29, 0.717) is 72.5 Å². The first kappa shape index (κ1) is 28.7. The molecule has 4 aromatic rings. The molecule has 9 nitrogen and oxygen atoms in total. The molecule has 0 radical (unpaired) electrons. The van der Waals surface area contributed by atoms with Crippen LogP contribution in [0.2, 0.25) is 0 Å². The molecule has 5 rings (SSSR count). The van der Waals surface area contributed by atoms with Crippen LogP contribution in [-0.4, -0.2) is 36.0 Å². The number of nitrogens with one attached hydrogen (secondary N) is 1. The number of pyridine rings is 1. The van der Waals surface area contributed by atoms with Crippen LogP contribution in [0.3, 0.4) is 0 Å². The number of nitriles is 1. The quantitative estimate of drug-likeness (QED) is 0.244. The molecule has 1 aliphatic rings. The average Bonchev–Trinajstić information content (AvgIpc) is 3.03. The normalized spacial score (nSPS) is 12.0. The monoisotopic (exact) mass is 567 g/mol. The van der Waals surface area contributed by atoms with Gasteiger partial charge in [-0.1, -0.05) is 19.1 Å². The summed E-state index contributed by atoms with van der Waals surface area (Å²) in [5.74, 6) is 2.52. The van der Waals surface area contributed by atoms with Gasteiger partial charge in [0.15, 0.2) is 11.5 Å². The number of hydrogen-bond acceptors (Lipinski definition) is 8. The van der Waals surface area contributed by atoms with Crippen molar-refractivity contribution in [2.45, 2.75) is 33.1 Å². The molecule has 3 aromatic carbocycles. The molecule has 2 N–H and O–H groups in total. The van der Waals surface area contributed by atoms with Gasteiger partial charge in [-0.3, -0.25) is 9.36 Å². The van der Waals surface area contributed by atoms with Crippen molar-refractivity contribution in [3.63, 3.8) is 0 Å². The first-order valence-corrected chi connectivity index (χ1v) is 13.9. The highest BCUT2D eigenvalue weighted by Crippen LogP contribution is 2.33. The van der Waals surface area contributed by atoms with Crippen LogP contribution in [-0.2, 0) is 26.2 Å². The second-order valence-corrected chi connectivity index (χ2v) is 9.75. The summed E-state index contributed by atoms with van der Waals surface area (Å²) < 4.78 is 25.3. The van der Waals surface area contributed by atoms with Gasteiger partial charge < -0.3 is 29.4 Å². The van der Waals surface area contributed by atoms with Gasteiger partial charge in [-0.05, 0) is 60.0 Å². The summed E-state index contributed by atoms with van der Waals surface area (Å²) in [4.78, 5) is 13.4. The van der Waals surface area contributed by atoms with Crippen LogP contribution in [0.1, 0.15) is 34.7 Å². The largest absolute Gasteiger partial charge is 0.488 e. The minimum atomic E-state index is -0.189. The average molecular weight is 568 g/mol. The number of aliphatic hydroxyl groups is 1. The van der Waals surface area contributed by atoms with E-state index in [4.69, 9.17) is 18.9 Å². The number of ether oxygens (including phenoxy) is 4. The van der Waals surface area contributed by atoms with Gasteiger partial charge in [0, 0.05) is 37.0 Å². The maximum atomic E-state index is 13.4. The summed E-state index contributed by atoms with van der Waals surface area (Å²) in [5, 5.41) is 21.7. The van der Waals surface area contributed by atoms with Crippen molar-refractivity contribution in [1.82, 2.24) is 9.88 Å². The van der Waals surface area contributed by atoms with Gasteiger partial charge >= 0.3 is 0 Å². The summed E-state index contributed by atoms with van der Waals surface area (Å²) in [7, 11) is 0. The minimum absolute atomic E-state index is 0.0276. The van der Waals surface area contributed by atoms with Crippen LogP contribution in [0, 0.1) is 11.3 Å². The molecule has 0 atom stereocenters. The SMILES string of the molecule is CCc1cc(CNCCO)c(OCc2cccc(C#N)c2)cc1OCc1cccn(-c2ccc3c(c2)OCCO3)c1=O. The second kappa shape index (κ2) is 13.7. The number of aryl methyl sites for hydroxylation is 1. The molecule has 9 heteroatoms. The van der Waals surface area contributed by atoms with E-state index in [2.05, 4.69) is 11.4 Å². The third kappa shape index (κ3) is 6.74. The topological polar surface area (TPSA) is 115 Å². The van der Waals surface area contributed by atoms with Crippen LogP contribution >= 0.6 is 0 Å². The summed E-state index contributed by atoms with van der Waals surface area (Å²) in [5.41, 5.74) is 4.31. The standard InChI is InChI=1S/C33H33N3O6/c1-2-25-16-27(20-35-10-12-37)31(41-21-24-6-3-5-23(15-24)19-34)18-30(25)42-22-26-7-4-11-36(33(26)38)28-8-9-29-32(17-28)40-14-13-39-29/h3-9,11,15-18,35,37H,2,10,12-14,20-22H2,1H3. The van der Waals surface area contributed by atoms with Crippen molar-refractivity contribution in [3.05, 3.63) is 111 Å². The number of benzene rings is 3. The number of aromatic nitrogens is 1.